The quantitative estimate of drug-likeness (QED) is 0.131. The molecule has 6 bridgehead atoms. The number of likely N-dealkylation sites (tertiary alicyclic amines) is 1. The Morgan fingerprint density at radius 3 is 2.18 bits per heavy atom. The maximum atomic E-state index is 13.2. The Morgan fingerprint density at radius 1 is 0.927 bits per heavy atom. The van der Waals surface area contributed by atoms with Crippen molar-refractivity contribution in [2.45, 2.75) is 51.4 Å². The number of aliphatic carboxylic acids is 2. The highest BCUT2D eigenvalue weighted by atomic mass is 35.5. The van der Waals surface area contributed by atoms with E-state index >= 15 is 0 Å². The number of alkyl halides is 6. The zero-order chi connectivity index (χ0) is 40.5. The number of benzene rings is 1. The van der Waals surface area contributed by atoms with E-state index in [-0.39, 0.29) is 17.7 Å². The zero-order valence-electron chi connectivity index (χ0n) is 28.6. The van der Waals surface area contributed by atoms with Crippen LogP contribution in [0.5, 0.6) is 0 Å². The number of hydrogen-bond acceptors (Lipinski definition) is 10. The molecule has 0 aliphatic carbocycles. The number of amides is 2. The molecule has 0 atom stereocenters. The summed E-state index contributed by atoms with van der Waals surface area (Å²) in [6.45, 7) is 3.05. The van der Waals surface area contributed by atoms with Gasteiger partial charge in [-0.1, -0.05) is 11.6 Å². The summed E-state index contributed by atoms with van der Waals surface area (Å²) in [5, 5.41) is 24.3. The van der Waals surface area contributed by atoms with E-state index in [1.165, 1.54) is 0 Å². The molecule has 21 heteroatoms. The SMILES string of the molecule is Cc1occc1C(=O)N1CCC(CC(=O)Nc2ccc3cc2CCc2cncc(c2)Nc2ncc(Cl)c(n2)N3)CC1.O=C(O)C(F)(F)F.O=C(O)C(F)(F)F. The summed E-state index contributed by atoms with van der Waals surface area (Å²) >= 11 is 6.37. The molecule has 3 aromatic heterocycles. The van der Waals surface area contributed by atoms with E-state index in [2.05, 4.69) is 30.9 Å². The van der Waals surface area contributed by atoms with Gasteiger partial charge in [0.15, 0.2) is 5.82 Å². The summed E-state index contributed by atoms with van der Waals surface area (Å²) in [6, 6.07) is 9.55. The number of nitrogens with one attached hydrogen (secondary N) is 3. The van der Waals surface area contributed by atoms with Crippen LogP contribution in [0.25, 0.3) is 0 Å². The number of anilines is 5. The standard InChI is InChI=1S/C30H30ClN7O3.2C2HF3O2/c1-18-24(8-11-41-18)29(40)38-9-6-19(7-10-38)13-27(39)36-26-5-4-22-14-21(26)3-2-20-12-23(16-32-15-20)35-30-33-17-25(31)28(34-22)37-30;2*3-2(4,5)1(6)7/h4-5,8,11-12,14-17,19H,2-3,6-7,9-10,13H2,1H3,(H,36,39)(H2,33,34,35,37);2*(H,6,7). The number of piperidine rings is 1. The lowest BCUT2D eigenvalue weighted by atomic mass is 9.92. The molecule has 6 rings (SSSR count). The van der Waals surface area contributed by atoms with Crippen LogP contribution in [0.2, 0.25) is 5.02 Å². The fraction of sp³-hybridized carbons (Fsp3) is 0.324. The molecule has 0 unspecified atom stereocenters. The molecular formula is C34H32ClF6N7O7. The molecule has 14 nitrogen and oxygen atoms in total. The van der Waals surface area contributed by atoms with Crippen LogP contribution in [0.1, 0.15) is 46.5 Å². The number of furan rings is 1. The van der Waals surface area contributed by atoms with Crippen molar-refractivity contribution in [3.05, 3.63) is 82.7 Å². The van der Waals surface area contributed by atoms with Crippen LogP contribution in [0.4, 0.5) is 55.2 Å². The first kappa shape index (κ1) is 41.8. The second-order valence-corrected chi connectivity index (χ2v) is 12.5. The molecule has 2 amide bonds. The number of carbonyl (C=O) groups excluding carboxylic acids is 2. The predicted octanol–water partition coefficient (Wildman–Crippen LogP) is 7.16. The third-order valence-corrected chi connectivity index (χ3v) is 8.35. The van der Waals surface area contributed by atoms with Gasteiger partial charge in [-0.15, -0.1) is 0 Å². The summed E-state index contributed by atoms with van der Waals surface area (Å²) in [7, 11) is 0. The van der Waals surface area contributed by atoms with Gasteiger partial charge in [0.2, 0.25) is 11.9 Å². The van der Waals surface area contributed by atoms with Crippen molar-refractivity contribution in [1.82, 2.24) is 19.9 Å². The van der Waals surface area contributed by atoms with Gasteiger partial charge in [0, 0.05) is 37.1 Å². The summed E-state index contributed by atoms with van der Waals surface area (Å²) in [4.78, 5) is 58.7. The van der Waals surface area contributed by atoms with Crippen LogP contribution in [-0.2, 0) is 27.2 Å². The fourth-order valence-electron chi connectivity index (χ4n) is 5.33. The summed E-state index contributed by atoms with van der Waals surface area (Å²) in [5.41, 5.74) is 5.00. The molecule has 5 heterocycles. The minimum absolute atomic E-state index is 0.0103. The Hall–Kier alpha value is -5.92. The van der Waals surface area contributed by atoms with E-state index < -0.39 is 24.3 Å². The molecular weight excluding hydrogens is 768 g/mol. The number of fused-ring (bicyclic) bond motifs is 6. The lowest BCUT2D eigenvalue weighted by Crippen LogP contribution is -2.39. The third-order valence-electron chi connectivity index (χ3n) is 8.07. The number of aryl methyl sites for hydroxylation is 3. The fourth-order valence-corrected chi connectivity index (χ4v) is 5.47. The number of halogens is 7. The van der Waals surface area contributed by atoms with Crippen LogP contribution in [0.15, 0.2) is 59.6 Å². The summed E-state index contributed by atoms with van der Waals surface area (Å²) in [6.07, 6.45) is -0.122. The number of pyridine rings is 1. The molecule has 0 radical (unpaired) electrons. The predicted molar refractivity (Wildman–Crippen MR) is 184 cm³/mol. The van der Waals surface area contributed by atoms with Crippen LogP contribution >= 0.6 is 11.6 Å². The first-order valence-electron chi connectivity index (χ1n) is 16.2. The topological polar surface area (TPSA) is 200 Å². The average Bonchev–Trinajstić information content (AvgIpc) is 3.55. The van der Waals surface area contributed by atoms with Gasteiger partial charge in [-0.05, 0) is 80.0 Å². The normalized spacial score (nSPS) is 14.1. The lowest BCUT2D eigenvalue weighted by Gasteiger charge is -2.31. The molecule has 5 N–H and O–H groups in total. The van der Waals surface area contributed by atoms with E-state index in [0.717, 1.165) is 47.5 Å². The molecule has 2 aliphatic rings. The van der Waals surface area contributed by atoms with Gasteiger partial charge in [-0.2, -0.15) is 31.3 Å². The molecule has 4 aromatic rings. The minimum Gasteiger partial charge on any atom is -0.475 e. The number of aromatic nitrogens is 3. The van der Waals surface area contributed by atoms with E-state index in [0.29, 0.717) is 54.0 Å². The smallest absolute Gasteiger partial charge is 0.475 e. The Balaban J connectivity index is 0.000000410. The molecule has 0 saturated carbocycles. The van der Waals surface area contributed by atoms with Crippen LogP contribution in [0.3, 0.4) is 0 Å². The first-order valence-corrected chi connectivity index (χ1v) is 16.5. The second kappa shape index (κ2) is 17.9. The Labute approximate surface area is 312 Å². The maximum Gasteiger partial charge on any atom is 0.490 e. The molecule has 1 saturated heterocycles. The number of hydrogen-bond donors (Lipinski definition) is 5. The van der Waals surface area contributed by atoms with Crippen molar-refractivity contribution < 1.29 is 60.2 Å². The number of rotatable bonds is 4. The molecule has 55 heavy (non-hydrogen) atoms. The summed E-state index contributed by atoms with van der Waals surface area (Å²) in [5.74, 6) is -3.83. The highest BCUT2D eigenvalue weighted by molar-refractivity contribution is 6.32. The van der Waals surface area contributed by atoms with E-state index in [9.17, 15) is 35.9 Å². The lowest BCUT2D eigenvalue weighted by molar-refractivity contribution is -0.193. The number of carboxylic acids is 2. The van der Waals surface area contributed by atoms with Crippen molar-refractivity contribution in [1.29, 1.82) is 0 Å². The minimum atomic E-state index is -5.08. The molecule has 1 fully saturated rings. The Kier molecular flexibility index (Phi) is 13.6. The molecule has 1 aromatic carbocycles. The summed E-state index contributed by atoms with van der Waals surface area (Å²) < 4.78 is 68.8. The zero-order valence-corrected chi connectivity index (χ0v) is 29.3. The maximum absolute atomic E-state index is 13.2. The van der Waals surface area contributed by atoms with E-state index in [4.69, 9.17) is 35.8 Å². The highest BCUT2D eigenvalue weighted by Gasteiger charge is 2.39. The van der Waals surface area contributed by atoms with Crippen molar-refractivity contribution in [2.75, 3.05) is 29.0 Å². The van der Waals surface area contributed by atoms with Crippen molar-refractivity contribution >= 4 is 64.2 Å². The Bertz CT molecular complexity index is 1990. The highest BCUT2D eigenvalue weighted by Crippen LogP contribution is 2.30. The molecule has 294 valence electrons. The van der Waals surface area contributed by atoms with Crippen LogP contribution < -0.4 is 16.0 Å². The largest absolute Gasteiger partial charge is 0.490 e. The van der Waals surface area contributed by atoms with Crippen molar-refractivity contribution in [3.63, 3.8) is 0 Å². The van der Waals surface area contributed by atoms with Crippen LogP contribution in [-0.4, -0.2) is 79.3 Å². The van der Waals surface area contributed by atoms with Gasteiger partial charge in [0.05, 0.1) is 29.9 Å². The van der Waals surface area contributed by atoms with Crippen LogP contribution in [0, 0.1) is 12.8 Å². The van der Waals surface area contributed by atoms with Gasteiger partial charge >= 0.3 is 24.3 Å². The van der Waals surface area contributed by atoms with Gasteiger partial charge < -0.3 is 35.5 Å². The average molecular weight is 800 g/mol. The first-order chi connectivity index (χ1) is 25.8. The van der Waals surface area contributed by atoms with Gasteiger partial charge in [0.25, 0.3) is 5.91 Å². The van der Waals surface area contributed by atoms with Gasteiger partial charge in [-0.25, -0.2) is 14.6 Å². The van der Waals surface area contributed by atoms with Crippen molar-refractivity contribution in [3.8, 4) is 0 Å². The second-order valence-electron chi connectivity index (χ2n) is 12.1. The molecule has 2 aliphatic heterocycles. The van der Waals surface area contributed by atoms with Gasteiger partial charge in [-0.3, -0.25) is 14.6 Å². The van der Waals surface area contributed by atoms with Gasteiger partial charge in [0.1, 0.15) is 10.8 Å². The number of nitrogens with zero attached hydrogens (tertiary/aromatic N) is 4. The number of carbonyl (C=O) groups is 4. The number of carboxylic acid groups (broad SMARTS) is 2. The molecule has 0 spiro atoms. The van der Waals surface area contributed by atoms with Crippen molar-refractivity contribution in [2.24, 2.45) is 5.92 Å². The Morgan fingerprint density at radius 2 is 1.58 bits per heavy atom. The monoisotopic (exact) mass is 799 g/mol. The van der Waals surface area contributed by atoms with E-state index in [1.807, 2.05) is 35.4 Å². The third kappa shape index (κ3) is 12.3. The van der Waals surface area contributed by atoms with E-state index in [1.54, 1.807) is 31.6 Å².